The summed E-state index contributed by atoms with van der Waals surface area (Å²) in [6.45, 7) is 6.23. The molecule has 1 aliphatic carbocycles. The number of rotatable bonds is 1. The summed E-state index contributed by atoms with van der Waals surface area (Å²) in [6.07, 6.45) is 3.38. The second-order valence-electron chi connectivity index (χ2n) is 6.67. The number of hydrogen-bond donors (Lipinski definition) is 2. The molecule has 1 saturated heterocycles. The van der Waals surface area contributed by atoms with Gasteiger partial charge in [-0.1, -0.05) is 13.8 Å². The molecule has 0 unspecified atom stereocenters. The Bertz CT molecular complexity index is 595. The van der Waals surface area contributed by atoms with Gasteiger partial charge in [-0.3, -0.25) is 9.59 Å². The van der Waals surface area contributed by atoms with E-state index >= 15 is 0 Å². The molecule has 2 N–H and O–H groups in total. The van der Waals surface area contributed by atoms with Gasteiger partial charge in [0.1, 0.15) is 0 Å². The number of carbonyl (C=O) groups is 1. The SMILES string of the molecule is CC1(C)CCC(=O)c2[nH]c(=O)c(C3CCNCC3)cc21. The summed E-state index contributed by atoms with van der Waals surface area (Å²) in [5.41, 5.74) is 2.34. The second-order valence-corrected chi connectivity index (χ2v) is 6.67. The number of ketones is 1. The van der Waals surface area contributed by atoms with E-state index in [1.54, 1.807) is 0 Å². The summed E-state index contributed by atoms with van der Waals surface area (Å²) in [4.78, 5) is 27.2. The molecule has 108 valence electrons. The van der Waals surface area contributed by atoms with E-state index in [2.05, 4.69) is 24.1 Å². The molecule has 0 aromatic carbocycles. The molecular weight excluding hydrogens is 252 g/mol. The zero-order valence-electron chi connectivity index (χ0n) is 12.2. The highest BCUT2D eigenvalue weighted by Crippen LogP contribution is 2.37. The Hall–Kier alpha value is -1.42. The maximum absolute atomic E-state index is 12.3. The fraction of sp³-hybridized carbons (Fsp3) is 0.625. The monoisotopic (exact) mass is 274 g/mol. The molecule has 0 saturated carbocycles. The van der Waals surface area contributed by atoms with Gasteiger partial charge < -0.3 is 10.3 Å². The van der Waals surface area contributed by atoms with Crippen LogP contribution < -0.4 is 10.9 Å². The predicted octanol–water partition coefficient (Wildman–Crippen LogP) is 2.10. The number of carbonyl (C=O) groups excluding carboxylic acids is 1. The normalized spacial score (nSPS) is 22.6. The molecule has 2 heterocycles. The minimum atomic E-state index is -0.0679. The van der Waals surface area contributed by atoms with Crippen LogP contribution in [0.5, 0.6) is 0 Å². The first kappa shape index (κ1) is 13.6. The highest BCUT2D eigenvalue weighted by atomic mass is 16.1. The molecule has 4 heteroatoms. The standard InChI is InChI=1S/C16H22N2O2/c1-16(2)6-3-13(19)14-12(16)9-11(15(20)18-14)10-4-7-17-8-5-10/h9-10,17H,3-8H2,1-2H3,(H,18,20). The van der Waals surface area contributed by atoms with Crippen LogP contribution in [0.15, 0.2) is 10.9 Å². The van der Waals surface area contributed by atoms with Gasteiger partial charge in [0, 0.05) is 12.0 Å². The van der Waals surface area contributed by atoms with Crippen molar-refractivity contribution in [3.63, 3.8) is 0 Å². The fourth-order valence-corrected chi connectivity index (χ4v) is 3.42. The number of H-pyrrole nitrogens is 1. The topological polar surface area (TPSA) is 62.0 Å². The third-order valence-electron chi connectivity index (χ3n) is 4.83. The minimum Gasteiger partial charge on any atom is -0.319 e. The summed E-state index contributed by atoms with van der Waals surface area (Å²) in [5.74, 6) is 0.395. The van der Waals surface area contributed by atoms with Crippen molar-refractivity contribution < 1.29 is 4.79 Å². The zero-order chi connectivity index (χ0) is 14.3. The Morgan fingerprint density at radius 1 is 1.20 bits per heavy atom. The van der Waals surface area contributed by atoms with Crippen molar-refractivity contribution in [1.29, 1.82) is 0 Å². The summed E-state index contributed by atoms with van der Waals surface area (Å²) >= 11 is 0. The van der Waals surface area contributed by atoms with E-state index in [-0.39, 0.29) is 16.8 Å². The van der Waals surface area contributed by atoms with Crippen molar-refractivity contribution in [2.24, 2.45) is 0 Å². The Morgan fingerprint density at radius 3 is 2.60 bits per heavy atom. The van der Waals surface area contributed by atoms with Crippen molar-refractivity contribution in [3.05, 3.63) is 33.2 Å². The second kappa shape index (κ2) is 4.85. The molecule has 4 nitrogen and oxygen atoms in total. The van der Waals surface area contributed by atoms with Gasteiger partial charge in [0.15, 0.2) is 5.78 Å². The summed E-state index contributed by atoms with van der Waals surface area (Å²) in [6, 6.07) is 2.02. The number of pyridine rings is 1. The average Bonchev–Trinajstić information content (AvgIpc) is 2.44. The maximum atomic E-state index is 12.3. The van der Waals surface area contributed by atoms with E-state index in [4.69, 9.17) is 0 Å². The van der Waals surface area contributed by atoms with Crippen LogP contribution >= 0.6 is 0 Å². The van der Waals surface area contributed by atoms with Gasteiger partial charge in [0.2, 0.25) is 0 Å². The first-order chi connectivity index (χ1) is 9.49. The van der Waals surface area contributed by atoms with Crippen LogP contribution in [0.2, 0.25) is 0 Å². The molecule has 0 atom stereocenters. The van der Waals surface area contributed by atoms with Gasteiger partial charge >= 0.3 is 0 Å². The molecular formula is C16H22N2O2. The van der Waals surface area contributed by atoms with E-state index in [1.165, 1.54) is 0 Å². The van der Waals surface area contributed by atoms with Crippen LogP contribution in [0.3, 0.4) is 0 Å². The van der Waals surface area contributed by atoms with Crippen LogP contribution in [-0.4, -0.2) is 23.9 Å². The molecule has 0 radical (unpaired) electrons. The zero-order valence-corrected chi connectivity index (χ0v) is 12.2. The smallest absolute Gasteiger partial charge is 0.251 e. The lowest BCUT2D eigenvalue weighted by Crippen LogP contribution is -2.34. The Balaban J connectivity index is 2.10. The van der Waals surface area contributed by atoms with Crippen molar-refractivity contribution >= 4 is 5.78 Å². The lowest BCUT2D eigenvalue weighted by Gasteiger charge is -2.32. The van der Waals surface area contributed by atoms with Gasteiger partial charge in [0.25, 0.3) is 5.56 Å². The number of nitrogens with one attached hydrogen (secondary N) is 2. The Kier molecular flexibility index (Phi) is 3.28. The van der Waals surface area contributed by atoms with Crippen molar-refractivity contribution in [2.45, 2.75) is 50.9 Å². The summed E-state index contributed by atoms with van der Waals surface area (Å²) in [7, 11) is 0. The lowest BCUT2D eigenvalue weighted by molar-refractivity contribution is 0.0950. The summed E-state index contributed by atoms with van der Waals surface area (Å²) in [5, 5.41) is 3.32. The van der Waals surface area contributed by atoms with Crippen LogP contribution in [0, 0.1) is 0 Å². The van der Waals surface area contributed by atoms with E-state index in [0.29, 0.717) is 18.0 Å². The van der Waals surface area contributed by atoms with Crippen molar-refractivity contribution in [2.75, 3.05) is 13.1 Å². The fourth-order valence-electron chi connectivity index (χ4n) is 3.42. The third-order valence-corrected chi connectivity index (χ3v) is 4.83. The van der Waals surface area contributed by atoms with Gasteiger partial charge in [-0.05, 0) is 55.3 Å². The molecule has 0 amide bonds. The average molecular weight is 274 g/mol. The molecule has 0 bridgehead atoms. The summed E-state index contributed by atoms with van der Waals surface area (Å²) < 4.78 is 0. The van der Waals surface area contributed by atoms with Gasteiger partial charge in [-0.15, -0.1) is 0 Å². The number of aromatic nitrogens is 1. The van der Waals surface area contributed by atoms with Gasteiger partial charge in [0.05, 0.1) is 5.69 Å². The number of piperidine rings is 1. The van der Waals surface area contributed by atoms with Crippen LogP contribution in [0.1, 0.15) is 67.1 Å². The Morgan fingerprint density at radius 2 is 1.90 bits per heavy atom. The van der Waals surface area contributed by atoms with Crippen LogP contribution in [0.25, 0.3) is 0 Å². The van der Waals surface area contributed by atoms with E-state index in [9.17, 15) is 9.59 Å². The molecule has 20 heavy (non-hydrogen) atoms. The molecule has 3 rings (SSSR count). The molecule has 1 aromatic heterocycles. The Labute approximate surface area is 119 Å². The quantitative estimate of drug-likeness (QED) is 0.824. The molecule has 1 aliphatic heterocycles. The number of fused-ring (bicyclic) bond motifs is 1. The number of Topliss-reactive ketones (excluding diaryl/α,β-unsaturated/α-hetero) is 1. The maximum Gasteiger partial charge on any atom is 0.251 e. The predicted molar refractivity (Wildman–Crippen MR) is 78.5 cm³/mol. The van der Waals surface area contributed by atoms with Gasteiger partial charge in [-0.25, -0.2) is 0 Å². The van der Waals surface area contributed by atoms with E-state index in [1.807, 2.05) is 6.07 Å². The van der Waals surface area contributed by atoms with Gasteiger partial charge in [-0.2, -0.15) is 0 Å². The number of aromatic amines is 1. The lowest BCUT2D eigenvalue weighted by atomic mass is 9.73. The van der Waals surface area contributed by atoms with Crippen molar-refractivity contribution in [1.82, 2.24) is 10.3 Å². The number of hydrogen-bond acceptors (Lipinski definition) is 3. The van der Waals surface area contributed by atoms with Crippen molar-refractivity contribution in [3.8, 4) is 0 Å². The molecule has 1 aromatic rings. The largest absolute Gasteiger partial charge is 0.319 e. The van der Waals surface area contributed by atoms with E-state index in [0.717, 1.165) is 43.5 Å². The minimum absolute atomic E-state index is 0.0326. The van der Waals surface area contributed by atoms with Crippen LogP contribution in [-0.2, 0) is 5.41 Å². The van der Waals surface area contributed by atoms with Crippen LogP contribution in [0.4, 0.5) is 0 Å². The highest BCUT2D eigenvalue weighted by Gasteiger charge is 2.34. The first-order valence-corrected chi connectivity index (χ1v) is 7.50. The first-order valence-electron chi connectivity index (χ1n) is 7.50. The molecule has 0 spiro atoms. The van der Waals surface area contributed by atoms with E-state index < -0.39 is 0 Å². The third kappa shape index (κ3) is 2.22. The highest BCUT2D eigenvalue weighted by molar-refractivity contribution is 5.97. The molecule has 1 fully saturated rings. The molecule has 2 aliphatic rings.